The van der Waals surface area contributed by atoms with E-state index in [4.69, 9.17) is 20.9 Å². The highest BCUT2D eigenvalue weighted by molar-refractivity contribution is 6.05. The Kier molecular flexibility index (Phi) is 5.62. The topological polar surface area (TPSA) is 142 Å². The van der Waals surface area contributed by atoms with Gasteiger partial charge in [-0.05, 0) is 55.0 Å². The summed E-state index contributed by atoms with van der Waals surface area (Å²) in [5.74, 6) is 0.285. The van der Waals surface area contributed by atoms with Gasteiger partial charge in [0.15, 0.2) is 5.69 Å². The lowest BCUT2D eigenvalue weighted by atomic mass is 9.94. The molecule has 0 radical (unpaired) electrons. The van der Waals surface area contributed by atoms with Gasteiger partial charge in [0.05, 0.1) is 34.9 Å². The summed E-state index contributed by atoms with van der Waals surface area (Å²) in [5.41, 5.74) is 16.6. The molecule has 0 spiro atoms. The first-order valence-corrected chi connectivity index (χ1v) is 11.1. The minimum Gasteiger partial charge on any atom is -0.475 e. The van der Waals surface area contributed by atoms with Crippen molar-refractivity contribution >= 4 is 22.5 Å². The van der Waals surface area contributed by atoms with Crippen LogP contribution < -0.4 is 16.2 Å². The van der Waals surface area contributed by atoms with Crippen molar-refractivity contribution in [3.8, 4) is 28.4 Å². The van der Waals surface area contributed by atoms with E-state index in [0.29, 0.717) is 35.4 Å². The number of pyridine rings is 2. The summed E-state index contributed by atoms with van der Waals surface area (Å²) in [6.07, 6.45) is 4.10. The molecule has 1 aliphatic rings. The van der Waals surface area contributed by atoms with E-state index in [1.54, 1.807) is 25.4 Å². The number of H-pyrrole nitrogens is 1. The molecule has 0 bridgehead atoms. The fourth-order valence-electron chi connectivity index (χ4n) is 4.23. The van der Waals surface area contributed by atoms with Crippen molar-refractivity contribution in [1.82, 2.24) is 20.2 Å². The van der Waals surface area contributed by atoms with Crippen LogP contribution in [0.4, 0.5) is 5.69 Å². The van der Waals surface area contributed by atoms with Crippen molar-refractivity contribution in [2.24, 2.45) is 11.7 Å². The Labute approximate surface area is 196 Å². The average molecular weight is 459 g/mol. The van der Waals surface area contributed by atoms with Crippen LogP contribution in [-0.2, 0) is 4.74 Å². The Morgan fingerprint density at radius 1 is 1.21 bits per heavy atom. The second kappa shape index (κ2) is 8.75. The quantitative estimate of drug-likeness (QED) is 0.367. The highest BCUT2D eigenvalue weighted by atomic mass is 16.5. The second-order valence-electron chi connectivity index (χ2n) is 8.55. The van der Waals surface area contributed by atoms with Crippen molar-refractivity contribution in [3.63, 3.8) is 0 Å². The number of carbonyl (C=O) groups excluding carboxylic acids is 1. The van der Waals surface area contributed by atoms with Gasteiger partial charge in [-0.2, -0.15) is 5.10 Å². The Balaban J connectivity index is 1.58. The Hall–Kier alpha value is -3.98. The number of methoxy groups -OCH3 is 1. The molecule has 0 saturated heterocycles. The molecule has 9 heteroatoms. The van der Waals surface area contributed by atoms with Gasteiger partial charge in [0.25, 0.3) is 5.91 Å². The SMILES string of the molecule is CO[C@H](COc1cccc(-c2cc(-c3c(C)ccc4[nH]ncc34)c(N)c(C(N)=O)n2)n1)C1CC1. The lowest BCUT2D eigenvalue weighted by Gasteiger charge is -2.16. The van der Waals surface area contributed by atoms with E-state index in [2.05, 4.69) is 20.2 Å². The van der Waals surface area contributed by atoms with E-state index in [-0.39, 0.29) is 17.5 Å². The third-order valence-corrected chi connectivity index (χ3v) is 6.23. The third-order valence-electron chi connectivity index (χ3n) is 6.23. The number of hydrogen-bond acceptors (Lipinski definition) is 7. The van der Waals surface area contributed by atoms with Gasteiger partial charge in [-0.3, -0.25) is 9.89 Å². The predicted octanol–water partition coefficient (Wildman–Crippen LogP) is 3.48. The number of rotatable bonds is 8. The van der Waals surface area contributed by atoms with E-state index in [0.717, 1.165) is 34.9 Å². The maximum absolute atomic E-state index is 12.2. The zero-order chi connectivity index (χ0) is 23.8. The molecule has 5 N–H and O–H groups in total. The number of hydrogen-bond donors (Lipinski definition) is 3. The van der Waals surface area contributed by atoms with E-state index in [9.17, 15) is 4.79 Å². The summed E-state index contributed by atoms with van der Waals surface area (Å²) >= 11 is 0. The number of ether oxygens (including phenoxy) is 2. The molecule has 1 saturated carbocycles. The molecule has 3 aromatic heterocycles. The van der Waals surface area contributed by atoms with Crippen LogP contribution in [0.25, 0.3) is 33.4 Å². The molecule has 1 amide bonds. The van der Waals surface area contributed by atoms with Gasteiger partial charge in [0.1, 0.15) is 6.61 Å². The van der Waals surface area contributed by atoms with Crippen LogP contribution >= 0.6 is 0 Å². The number of nitrogen functional groups attached to an aromatic ring is 1. The van der Waals surface area contributed by atoms with Crippen LogP contribution in [0.3, 0.4) is 0 Å². The molecular weight excluding hydrogens is 432 g/mol. The molecule has 1 aromatic carbocycles. The van der Waals surface area contributed by atoms with Gasteiger partial charge >= 0.3 is 0 Å². The maximum atomic E-state index is 12.2. The average Bonchev–Trinajstić information content (AvgIpc) is 3.56. The number of benzene rings is 1. The number of nitrogens with zero attached hydrogens (tertiary/aromatic N) is 3. The molecule has 1 fully saturated rings. The number of carbonyl (C=O) groups is 1. The monoisotopic (exact) mass is 458 g/mol. The number of aromatic amines is 1. The molecule has 3 heterocycles. The summed E-state index contributed by atoms with van der Waals surface area (Å²) in [4.78, 5) is 21.3. The van der Waals surface area contributed by atoms with E-state index >= 15 is 0 Å². The van der Waals surface area contributed by atoms with E-state index in [1.807, 2.05) is 31.2 Å². The summed E-state index contributed by atoms with van der Waals surface area (Å²) in [7, 11) is 1.70. The summed E-state index contributed by atoms with van der Waals surface area (Å²) in [6, 6.07) is 11.2. The fraction of sp³-hybridized carbons (Fsp3) is 0.280. The number of amides is 1. The molecular formula is C25H26N6O3. The number of primary amides is 1. The summed E-state index contributed by atoms with van der Waals surface area (Å²) < 4.78 is 11.4. The maximum Gasteiger partial charge on any atom is 0.269 e. The Bertz CT molecular complexity index is 1380. The van der Waals surface area contributed by atoms with Crippen LogP contribution in [0.1, 0.15) is 28.9 Å². The van der Waals surface area contributed by atoms with Crippen molar-refractivity contribution in [2.75, 3.05) is 19.5 Å². The van der Waals surface area contributed by atoms with Gasteiger partial charge in [0, 0.05) is 24.1 Å². The van der Waals surface area contributed by atoms with Gasteiger partial charge in [-0.1, -0.05) is 12.1 Å². The molecule has 9 nitrogen and oxygen atoms in total. The molecule has 1 aliphatic carbocycles. The largest absolute Gasteiger partial charge is 0.475 e. The highest BCUT2D eigenvalue weighted by Gasteiger charge is 2.31. The Morgan fingerprint density at radius 2 is 2.03 bits per heavy atom. The van der Waals surface area contributed by atoms with Crippen LogP contribution in [0.15, 0.2) is 42.6 Å². The van der Waals surface area contributed by atoms with Gasteiger partial charge in [-0.25, -0.2) is 9.97 Å². The highest BCUT2D eigenvalue weighted by Crippen LogP contribution is 2.38. The second-order valence-corrected chi connectivity index (χ2v) is 8.55. The zero-order valence-electron chi connectivity index (χ0n) is 19.0. The van der Waals surface area contributed by atoms with Crippen molar-refractivity contribution in [1.29, 1.82) is 0 Å². The smallest absolute Gasteiger partial charge is 0.269 e. The lowest BCUT2D eigenvalue weighted by molar-refractivity contribution is 0.0411. The first-order chi connectivity index (χ1) is 16.5. The number of nitrogens with one attached hydrogen (secondary N) is 1. The lowest BCUT2D eigenvalue weighted by Crippen LogP contribution is -2.22. The molecule has 5 rings (SSSR count). The van der Waals surface area contributed by atoms with Gasteiger partial charge < -0.3 is 20.9 Å². The van der Waals surface area contributed by atoms with Crippen LogP contribution in [0, 0.1) is 12.8 Å². The molecule has 0 unspecified atom stereocenters. The number of fused-ring (bicyclic) bond motifs is 1. The molecule has 4 aromatic rings. The predicted molar refractivity (Wildman–Crippen MR) is 129 cm³/mol. The fourth-order valence-corrected chi connectivity index (χ4v) is 4.23. The van der Waals surface area contributed by atoms with Crippen molar-refractivity contribution in [3.05, 3.63) is 53.9 Å². The van der Waals surface area contributed by atoms with Gasteiger partial charge in [-0.15, -0.1) is 0 Å². The van der Waals surface area contributed by atoms with Crippen LogP contribution in [0.5, 0.6) is 5.88 Å². The van der Waals surface area contributed by atoms with E-state index in [1.165, 1.54) is 0 Å². The van der Waals surface area contributed by atoms with Crippen LogP contribution in [0.2, 0.25) is 0 Å². The van der Waals surface area contributed by atoms with Crippen molar-refractivity contribution in [2.45, 2.75) is 25.9 Å². The minimum atomic E-state index is -0.711. The summed E-state index contributed by atoms with van der Waals surface area (Å²) in [5, 5.41) is 8.01. The van der Waals surface area contributed by atoms with Crippen molar-refractivity contribution < 1.29 is 14.3 Å². The van der Waals surface area contributed by atoms with Gasteiger partial charge in [0.2, 0.25) is 5.88 Å². The number of aromatic nitrogens is 4. The molecule has 34 heavy (non-hydrogen) atoms. The third kappa shape index (κ3) is 4.06. The zero-order valence-corrected chi connectivity index (χ0v) is 19.0. The summed E-state index contributed by atoms with van der Waals surface area (Å²) in [6.45, 7) is 2.40. The standard InChI is InChI=1S/C25H26N6O3/c1-13-6-9-17-16(11-28-31-17)22(13)15-10-19(30-24(23(15)26)25(27)32)18-4-3-5-21(29-18)34-12-20(33-2)14-7-8-14/h3-6,9-11,14,20H,7-8,12,26H2,1-2H3,(H2,27,32)(H,28,31)/t20-/m1/s1. The Morgan fingerprint density at radius 3 is 2.76 bits per heavy atom. The normalized spacial score (nSPS) is 14.3. The first kappa shape index (κ1) is 21.8. The molecule has 1 atom stereocenters. The minimum absolute atomic E-state index is 0.00583. The number of anilines is 1. The number of aryl methyl sites for hydroxylation is 1. The number of nitrogens with two attached hydrogens (primary N) is 2. The molecule has 174 valence electrons. The molecule has 0 aliphatic heterocycles. The first-order valence-electron chi connectivity index (χ1n) is 11.1. The van der Waals surface area contributed by atoms with E-state index < -0.39 is 5.91 Å². The van der Waals surface area contributed by atoms with Crippen LogP contribution in [-0.4, -0.2) is 45.9 Å².